The molecule has 0 bridgehead atoms. The topological polar surface area (TPSA) is 61.0 Å². The lowest BCUT2D eigenvalue weighted by Crippen LogP contribution is -2.07. The first kappa shape index (κ1) is 20.3. The number of fused-ring (bicyclic) bond motifs is 1. The molecule has 0 saturated heterocycles. The fourth-order valence-electron chi connectivity index (χ4n) is 2.80. The van der Waals surface area contributed by atoms with Crippen LogP contribution >= 0.6 is 11.3 Å². The van der Waals surface area contributed by atoms with Crippen molar-refractivity contribution in [3.8, 4) is 17.1 Å². The Bertz CT molecular complexity index is 1170. The molecule has 0 aliphatic heterocycles. The molecule has 9 heteroatoms. The Kier molecular flexibility index (Phi) is 5.01. The number of ether oxygens (including phenoxy) is 1. The number of rotatable bonds is 4. The van der Waals surface area contributed by atoms with E-state index in [0.717, 1.165) is 22.3 Å². The van der Waals surface area contributed by atoms with Gasteiger partial charge in [-0.25, -0.2) is 9.97 Å². The van der Waals surface area contributed by atoms with Crippen molar-refractivity contribution in [3.05, 3.63) is 58.9 Å². The molecule has 0 fully saturated rings. The molecule has 0 aliphatic rings. The largest absolute Gasteiger partial charge is 0.469 e. The molecule has 0 spiro atoms. The van der Waals surface area contributed by atoms with Crippen LogP contribution in [0.2, 0.25) is 0 Å². The van der Waals surface area contributed by atoms with E-state index >= 15 is 0 Å². The average molecular weight is 433 g/mol. The van der Waals surface area contributed by atoms with Crippen molar-refractivity contribution in [1.29, 1.82) is 0 Å². The smallest absolute Gasteiger partial charge is 0.416 e. The van der Waals surface area contributed by atoms with Gasteiger partial charge in [0, 0.05) is 16.5 Å². The highest BCUT2D eigenvalue weighted by molar-refractivity contribution is 7.18. The maximum absolute atomic E-state index is 12.7. The predicted octanol–water partition coefficient (Wildman–Crippen LogP) is 6.24. The van der Waals surface area contributed by atoms with Gasteiger partial charge in [0.05, 0.1) is 10.9 Å². The highest BCUT2D eigenvalue weighted by Gasteiger charge is 2.30. The Morgan fingerprint density at radius 3 is 2.43 bits per heavy atom. The van der Waals surface area contributed by atoms with Crippen LogP contribution in [0.1, 0.15) is 37.0 Å². The monoisotopic (exact) mass is 433 g/mol. The van der Waals surface area contributed by atoms with Crippen LogP contribution in [0.4, 0.5) is 13.2 Å². The molecule has 0 atom stereocenters. The fourth-order valence-corrected chi connectivity index (χ4v) is 3.85. The molecular weight excluding hydrogens is 415 g/mol. The summed E-state index contributed by atoms with van der Waals surface area (Å²) < 4.78 is 49.2. The highest BCUT2D eigenvalue weighted by Crippen LogP contribution is 2.36. The van der Waals surface area contributed by atoms with Gasteiger partial charge in [0.25, 0.3) is 0 Å². The molecule has 0 aliphatic carbocycles. The number of nitrogens with zero attached hydrogens (tertiary/aromatic N) is 3. The maximum atomic E-state index is 12.7. The molecule has 3 aromatic heterocycles. The first-order chi connectivity index (χ1) is 14.1. The van der Waals surface area contributed by atoms with Crippen molar-refractivity contribution in [3.63, 3.8) is 0 Å². The van der Waals surface area contributed by atoms with Crippen LogP contribution < -0.4 is 4.74 Å². The van der Waals surface area contributed by atoms with Gasteiger partial charge in [-0.3, -0.25) is 0 Å². The summed E-state index contributed by atoms with van der Waals surface area (Å²) in [6, 6.07) is 8.41. The summed E-state index contributed by atoms with van der Waals surface area (Å²) in [5, 5.41) is 4.75. The zero-order chi connectivity index (χ0) is 21.5. The second-order valence-electron chi connectivity index (χ2n) is 7.80. The molecule has 4 rings (SSSR count). The summed E-state index contributed by atoms with van der Waals surface area (Å²) in [6.45, 7) is 6.47. The third-order valence-corrected chi connectivity index (χ3v) is 5.92. The van der Waals surface area contributed by atoms with E-state index in [4.69, 9.17) is 9.26 Å². The standard InChI is InChI=1S/C21H18F3N3O2S/c1-20(2,3)17-9-15-18(25-11-26-19(15)30-17)28-10-14-8-16(27-29-14)12-4-6-13(7-5-12)21(22,23)24/h4-9,11H,10H2,1-3H3. The fraction of sp³-hybridized carbons (Fsp3) is 0.286. The quantitative estimate of drug-likeness (QED) is 0.381. The van der Waals surface area contributed by atoms with E-state index < -0.39 is 11.7 Å². The third kappa shape index (κ3) is 4.16. The van der Waals surface area contributed by atoms with Gasteiger partial charge in [0.15, 0.2) is 12.4 Å². The molecule has 156 valence electrons. The van der Waals surface area contributed by atoms with Gasteiger partial charge in [-0.05, 0) is 23.6 Å². The summed E-state index contributed by atoms with van der Waals surface area (Å²) in [4.78, 5) is 10.5. The molecule has 1 aromatic carbocycles. The summed E-state index contributed by atoms with van der Waals surface area (Å²) in [5.41, 5.74) is 0.233. The van der Waals surface area contributed by atoms with E-state index in [2.05, 4.69) is 35.9 Å². The van der Waals surface area contributed by atoms with Crippen molar-refractivity contribution < 1.29 is 22.4 Å². The van der Waals surface area contributed by atoms with Crippen LogP contribution in [-0.2, 0) is 18.2 Å². The number of alkyl halides is 3. The van der Waals surface area contributed by atoms with Gasteiger partial charge >= 0.3 is 6.18 Å². The lowest BCUT2D eigenvalue weighted by atomic mass is 9.94. The van der Waals surface area contributed by atoms with Gasteiger partial charge in [-0.15, -0.1) is 11.3 Å². The molecule has 0 amide bonds. The number of hydrogen-bond donors (Lipinski definition) is 0. The first-order valence-electron chi connectivity index (χ1n) is 9.12. The average Bonchev–Trinajstić information content (AvgIpc) is 3.33. The molecule has 0 radical (unpaired) electrons. The molecule has 0 unspecified atom stereocenters. The minimum atomic E-state index is -4.38. The zero-order valence-electron chi connectivity index (χ0n) is 16.4. The molecule has 5 nitrogen and oxygen atoms in total. The van der Waals surface area contributed by atoms with Crippen molar-refractivity contribution in [2.75, 3.05) is 0 Å². The van der Waals surface area contributed by atoms with E-state index in [1.54, 1.807) is 17.4 Å². The van der Waals surface area contributed by atoms with Crippen LogP contribution in [0.5, 0.6) is 5.88 Å². The van der Waals surface area contributed by atoms with Crippen LogP contribution in [0.15, 0.2) is 47.2 Å². The highest BCUT2D eigenvalue weighted by atomic mass is 32.1. The summed E-state index contributed by atoms with van der Waals surface area (Å²) in [6.07, 6.45) is -2.92. The van der Waals surface area contributed by atoms with Crippen molar-refractivity contribution in [2.24, 2.45) is 0 Å². The van der Waals surface area contributed by atoms with Gasteiger partial charge in [-0.1, -0.05) is 38.1 Å². The SMILES string of the molecule is CC(C)(C)c1cc2c(OCc3cc(-c4ccc(C(F)(F)F)cc4)no3)ncnc2s1. The van der Waals surface area contributed by atoms with Crippen molar-refractivity contribution >= 4 is 21.6 Å². The Balaban J connectivity index is 1.50. The second-order valence-corrected chi connectivity index (χ2v) is 8.83. The van der Waals surface area contributed by atoms with E-state index in [9.17, 15) is 13.2 Å². The van der Waals surface area contributed by atoms with Crippen LogP contribution in [0.3, 0.4) is 0 Å². The van der Waals surface area contributed by atoms with Gasteiger partial charge in [-0.2, -0.15) is 13.2 Å². The number of hydrogen-bond acceptors (Lipinski definition) is 6. The third-order valence-electron chi connectivity index (χ3n) is 4.45. The summed E-state index contributed by atoms with van der Waals surface area (Å²) in [5.74, 6) is 0.877. The minimum absolute atomic E-state index is 0.00979. The van der Waals surface area contributed by atoms with E-state index in [-0.39, 0.29) is 12.0 Å². The van der Waals surface area contributed by atoms with Crippen LogP contribution in [0.25, 0.3) is 21.5 Å². The zero-order valence-corrected chi connectivity index (χ0v) is 17.3. The predicted molar refractivity (Wildman–Crippen MR) is 107 cm³/mol. The minimum Gasteiger partial charge on any atom is -0.469 e. The molecule has 0 saturated carbocycles. The molecule has 0 N–H and O–H groups in total. The number of halogens is 3. The Labute approximate surface area is 174 Å². The number of aromatic nitrogens is 3. The lowest BCUT2D eigenvalue weighted by molar-refractivity contribution is -0.137. The molecule has 4 aromatic rings. The maximum Gasteiger partial charge on any atom is 0.416 e. The second kappa shape index (κ2) is 7.39. The van der Waals surface area contributed by atoms with Crippen LogP contribution in [0, 0.1) is 0 Å². The van der Waals surface area contributed by atoms with Crippen molar-refractivity contribution in [2.45, 2.75) is 39.0 Å². The summed E-state index contributed by atoms with van der Waals surface area (Å²) in [7, 11) is 0. The van der Waals surface area contributed by atoms with Gasteiger partial charge < -0.3 is 9.26 Å². The van der Waals surface area contributed by atoms with Crippen molar-refractivity contribution in [1.82, 2.24) is 15.1 Å². The first-order valence-corrected chi connectivity index (χ1v) is 9.94. The Morgan fingerprint density at radius 1 is 1.03 bits per heavy atom. The Morgan fingerprint density at radius 2 is 1.77 bits per heavy atom. The normalized spacial score (nSPS) is 12.5. The Hall–Kier alpha value is -2.94. The van der Waals surface area contributed by atoms with Crippen LogP contribution in [-0.4, -0.2) is 15.1 Å². The number of thiophene rings is 1. The van der Waals surface area contributed by atoms with Gasteiger partial charge in [0.1, 0.15) is 16.9 Å². The molecule has 3 heterocycles. The molecule has 30 heavy (non-hydrogen) atoms. The van der Waals surface area contributed by atoms with Gasteiger partial charge in [0.2, 0.25) is 5.88 Å². The van der Waals surface area contributed by atoms with E-state index in [0.29, 0.717) is 22.9 Å². The van der Waals surface area contributed by atoms with E-state index in [1.165, 1.54) is 23.3 Å². The van der Waals surface area contributed by atoms with E-state index in [1.807, 2.05) is 6.07 Å². The summed E-state index contributed by atoms with van der Waals surface area (Å²) >= 11 is 1.60. The molecular formula is C21H18F3N3O2S. The number of benzene rings is 1. The lowest BCUT2D eigenvalue weighted by Gasteiger charge is -2.14.